The molecule has 0 atom stereocenters. The first kappa shape index (κ1) is 25.4. The molecule has 0 fully saturated rings. The van der Waals surface area contributed by atoms with Gasteiger partial charge < -0.3 is 4.74 Å². The fraction of sp³-hybridized carbons (Fsp3) is 0.885. The van der Waals surface area contributed by atoms with Gasteiger partial charge in [-0.2, -0.15) is 0 Å². The number of hydrogen-bond donors (Lipinski definition) is 0. The summed E-state index contributed by atoms with van der Waals surface area (Å²) in [6.07, 6.45) is 21.6. The van der Waals surface area contributed by atoms with E-state index in [1.165, 1.54) is 89.0 Å². The van der Waals surface area contributed by atoms with Crippen molar-refractivity contribution in [2.75, 3.05) is 13.7 Å². The topological polar surface area (TPSA) is 26.3 Å². The fourth-order valence-electron chi connectivity index (χ4n) is 4.70. The van der Waals surface area contributed by atoms with Crippen molar-refractivity contribution in [3.8, 4) is 0 Å². The second kappa shape index (κ2) is 15.2. The second-order valence-electron chi connectivity index (χ2n) is 9.46. The van der Waals surface area contributed by atoms with Gasteiger partial charge in [-0.15, -0.1) is 0 Å². The first-order chi connectivity index (χ1) is 13.5. The van der Waals surface area contributed by atoms with Gasteiger partial charge in [-0.3, -0.25) is 4.79 Å². The molecule has 1 aliphatic carbocycles. The van der Waals surface area contributed by atoms with E-state index in [9.17, 15) is 4.79 Å². The molecule has 0 radical (unpaired) electrons. The first-order valence-corrected chi connectivity index (χ1v) is 12.3. The van der Waals surface area contributed by atoms with E-state index >= 15 is 0 Å². The van der Waals surface area contributed by atoms with Crippen LogP contribution >= 0.6 is 0 Å². The molecule has 0 saturated heterocycles. The van der Waals surface area contributed by atoms with E-state index in [-0.39, 0.29) is 5.41 Å². The minimum atomic E-state index is 0.239. The van der Waals surface area contributed by atoms with Crippen LogP contribution in [0.3, 0.4) is 0 Å². The van der Waals surface area contributed by atoms with E-state index in [1.807, 2.05) is 0 Å². The molecule has 0 amide bonds. The Labute approximate surface area is 175 Å². The van der Waals surface area contributed by atoms with Gasteiger partial charge in [0.2, 0.25) is 0 Å². The number of ether oxygens (including phenoxy) is 1. The molecule has 2 nitrogen and oxygen atoms in total. The standard InChI is InChI=1S/C26H48O2/c1-5-23-24(26(2,3)21-20-25(23)27)19-17-15-13-11-9-7-6-8-10-12-14-16-18-22-28-4/h5-22H2,1-4H3. The lowest BCUT2D eigenvalue weighted by molar-refractivity contribution is -0.116. The summed E-state index contributed by atoms with van der Waals surface area (Å²) in [5, 5.41) is 0. The predicted octanol–water partition coefficient (Wildman–Crippen LogP) is 8.19. The number of Topliss-reactive ketones (excluding diaryl/α,β-unsaturated/α-hetero) is 1. The third-order valence-electron chi connectivity index (χ3n) is 6.62. The number of carbonyl (C=O) groups excluding carboxylic acids is 1. The number of allylic oxidation sites excluding steroid dienone is 2. The SMILES string of the molecule is CCC1=C(CCCCCCCCCCCCCCCOC)C(C)(C)CCC1=O. The van der Waals surface area contributed by atoms with E-state index < -0.39 is 0 Å². The second-order valence-corrected chi connectivity index (χ2v) is 9.46. The Hall–Kier alpha value is -0.630. The molecular weight excluding hydrogens is 344 g/mol. The fourth-order valence-corrected chi connectivity index (χ4v) is 4.70. The average Bonchev–Trinajstić information content (AvgIpc) is 2.67. The third kappa shape index (κ3) is 10.2. The third-order valence-corrected chi connectivity index (χ3v) is 6.62. The number of rotatable bonds is 17. The highest BCUT2D eigenvalue weighted by atomic mass is 16.5. The molecule has 164 valence electrons. The molecule has 0 saturated carbocycles. The molecule has 0 N–H and O–H groups in total. The van der Waals surface area contributed by atoms with Crippen molar-refractivity contribution < 1.29 is 9.53 Å². The Kier molecular flexibility index (Phi) is 13.8. The molecule has 0 unspecified atom stereocenters. The van der Waals surface area contributed by atoms with Gasteiger partial charge in [-0.25, -0.2) is 0 Å². The Morgan fingerprint density at radius 1 is 0.786 bits per heavy atom. The zero-order valence-electron chi connectivity index (χ0n) is 19.5. The van der Waals surface area contributed by atoms with Crippen LogP contribution in [0, 0.1) is 5.41 Å². The highest BCUT2D eigenvalue weighted by molar-refractivity contribution is 5.97. The summed E-state index contributed by atoms with van der Waals surface area (Å²) in [6.45, 7) is 7.75. The summed E-state index contributed by atoms with van der Waals surface area (Å²) >= 11 is 0. The van der Waals surface area contributed by atoms with Crippen LogP contribution in [0.5, 0.6) is 0 Å². The molecule has 1 aliphatic rings. The van der Waals surface area contributed by atoms with E-state index in [2.05, 4.69) is 20.8 Å². The maximum absolute atomic E-state index is 12.2. The van der Waals surface area contributed by atoms with Gasteiger partial charge in [-0.1, -0.05) is 97.0 Å². The van der Waals surface area contributed by atoms with Crippen LogP contribution in [0.2, 0.25) is 0 Å². The molecular formula is C26H48O2. The van der Waals surface area contributed by atoms with Crippen LogP contribution in [0.4, 0.5) is 0 Å². The Bertz CT molecular complexity index is 447. The number of methoxy groups -OCH3 is 1. The molecule has 0 aromatic rings. The van der Waals surface area contributed by atoms with E-state index in [4.69, 9.17) is 4.74 Å². The zero-order chi connectivity index (χ0) is 20.7. The van der Waals surface area contributed by atoms with Gasteiger partial charge in [0, 0.05) is 20.1 Å². The normalized spacial score (nSPS) is 16.8. The van der Waals surface area contributed by atoms with Gasteiger partial charge >= 0.3 is 0 Å². The number of ketones is 1. The number of carbonyl (C=O) groups is 1. The molecule has 0 heterocycles. The van der Waals surface area contributed by atoms with Gasteiger partial charge in [-0.05, 0) is 43.1 Å². The van der Waals surface area contributed by atoms with Gasteiger partial charge in [0.1, 0.15) is 0 Å². The Morgan fingerprint density at radius 2 is 1.25 bits per heavy atom. The molecule has 0 aromatic carbocycles. The lowest BCUT2D eigenvalue weighted by Crippen LogP contribution is -2.26. The van der Waals surface area contributed by atoms with Crippen LogP contribution < -0.4 is 0 Å². The van der Waals surface area contributed by atoms with Crippen molar-refractivity contribution in [1.82, 2.24) is 0 Å². The Balaban J connectivity index is 2.00. The van der Waals surface area contributed by atoms with E-state index in [0.717, 1.165) is 37.9 Å². The lowest BCUT2D eigenvalue weighted by Gasteiger charge is -2.34. The predicted molar refractivity (Wildman–Crippen MR) is 122 cm³/mol. The van der Waals surface area contributed by atoms with Crippen molar-refractivity contribution in [1.29, 1.82) is 0 Å². The van der Waals surface area contributed by atoms with Crippen molar-refractivity contribution in [2.24, 2.45) is 5.41 Å². The average molecular weight is 393 g/mol. The Morgan fingerprint density at radius 3 is 1.71 bits per heavy atom. The van der Waals surface area contributed by atoms with Gasteiger partial charge in [0.15, 0.2) is 5.78 Å². The van der Waals surface area contributed by atoms with Gasteiger partial charge in [0.05, 0.1) is 0 Å². The molecule has 2 heteroatoms. The smallest absolute Gasteiger partial charge is 0.158 e. The van der Waals surface area contributed by atoms with E-state index in [0.29, 0.717) is 5.78 Å². The highest BCUT2D eigenvalue weighted by Gasteiger charge is 2.32. The zero-order valence-corrected chi connectivity index (χ0v) is 19.5. The van der Waals surface area contributed by atoms with Crippen LogP contribution in [0.1, 0.15) is 130 Å². The largest absolute Gasteiger partial charge is 0.385 e. The summed E-state index contributed by atoms with van der Waals surface area (Å²) < 4.78 is 5.09. The van der Waals surface area contributed by atoms with Crippen molar-refractivity contribution in [3.63, 3.8) is 0 Å². The summed E-state index contributed by atoms with van der Waals surface area (Å²) in [6, 6.07) is 0. The maximum Gasteiger partial charge on any atom is 0.158 e. The van der Waals surface area contributed by atoms with Crippen LogP contribution in [-0.2, 0) is 9.53 Å². The summed E-state index contributed by atoms with van der Waals surface area (Å²) in [7, 11) is 1.79. The highest BCUT2D eigenvalue weighted by Crippen LogP contribution is 2.42. The maximum atomic E-state index is 12.2. The summed E-state index contributed by atoms with van der Waals surface area (Å²) in [5.41, 5.74) is 2.88. The molecule has 0 spiro atoms. The summed E-state index contributed by atoms with van der Waals surface area (Å²) in [4.78, 5) is 12.2. The van der Waals surface area contributed by atoms with Crippen LogP contribution in [0.15, 0.2) is 11.1 Å². The molecule has 0 bridgehead atoms. The monoisotopic (exact) mass is 392 g/mol. The van der Waals surface area contributed by atoms with Crippen molar-refractivity contribution in [3.05, 3.63) is 11.1 Å². The molecule has 0 aliphatic heterocycles. The number of hydrogen-bond acceptors (Lipinski definition) is 2. The molecule has 0 aromatic heterocycles. The minimum Gasteiger partial charge on any atom is -0.385 e. The van der Waals surface area contributed by atoms with E-state index in [1.54, 1.807) is 7.11 Å². The van der Waals surface area contributed by atoms with Gasteiger partial charge in [0.25, 0.3) is 0 Å². The quantitative estimate of drug-likeness (QED) is 0.233. The molecule has 1 rings (SSSR count). The van der Waals surface area contributed by atoms with Crippen molar-refractivity contribution in [2.45, 2.75) is 130 Å². The first-order valence-electron chi connectivity index (χ1n) is 12.3. The van der Waals surface area contributed by atoms with Crippen LogP contribution in [-0.4, -0.2) is 19.5 Å². The summed E-state index contributed by atoms with van der Waals surface area (Å²) in [5.74, 6) is 0.423. The van der Waals surface area contributed by atoms with Crippen LogP contribution in [0.25, 0.3) is 0 Å². The molecule has 28 heavy (non-hydrogen) atoms. The number of unbranched alkanes of at least 4 members (excludes halogenated alkanes) is 12. The van der Waals surface area contributed by atoms with Crippen molar-refractivity contribution >= 4 is 5.78 Å². The lowest BCUT2D eigenvalue weighted by atomic mass is 9.70. The minimum absolute atomic E-state index is 0.239.